The summed E-state index contributed by atoms with van der Waals surface area (Å²) in [6.07, 6.45) is -22.6. The molecule has 49 nitrogen and oxygen atoms in total. The molecule has 5 aliphatic rings. The monoisotopic (exact) mass is 1930 g/mol. The highest BCUT2D eigenvalue weighted by Gasteiger charge is 2.55. The number of rotatable bonds is 39. The van der Waals surface area contributed by atoms with Crippen LogP contribution in [0.15, 0.2) is 74.3 Å². The zero-order chi connectivity index (χ0) is 87.8. The molecule has 0 saturated carbocycles. The molecule has 5 saturated heterocycles. The molecule has 24 atom stereocenters. The number of hydrogen-bond acceptors (Lipinski definition) is 39. The SMILES string of the molecule is CO[C@H]1C(OP(O)(=S)OC[C@H]2O[C@@H](n3cc(C)c(=O)[nH]c3=O)[C@@H](OC)C2OP(O)(=S)OC[C@H]2O[C@@H](n3cc(C)c(=O)[nH]c3=O)[C@@H](OC)C2OP(O)(=S)OCCCO)[C@@H](COP(O)(=S)OC2C[C@H](n3cc(C)c(=O)[nH]c3=O)O[C@@H]2COP(O)(=S)OC2C[C@H](n3cnc4c(=O)[nH]c(N)nc43)O[C@@H]2COP(O)(=S)OC(C)C)O[C@H]1n1cc(C)c(=O)[nH]c1=O. The van der Waals surface area contributed by atoms with Gasteiger partial charge in [-0.3, -0.25) is 85.3 Å². The molecule has 6 aromatic rings. The lowest BCUT2D eigenvalue weighted by Crippen LogP contribution is -2.41. The van der Waals surface area contributed by atoms with Crippen molar-refractivity contribution in [2.45, 2.75) is 177 Å². The number of fused-ring (bicyclic) bond motifs is 1. The number of ether oxygens (including phenoxy) is 8. The van der Waals surface area contributed by atoms with Gasteiger partial charge in [0.25, 0.3) is 27.8 Å². The molecule has 11 unspecified atom stereocenters. The summed E-state index contributed by atoms with van der Waals surface area (Å²) in [7, 11) is 3.45. The Bertz CT molecular complexity index is 5640. The molecule has 0 radical (unpaired) electrons. The average molecular weight is 1930 g/mol. The number of anilines is 1. The number of nitrogen functional groups attached to an aromatic ring is 1. The van der Waals surface area contributed by atoms with Crippen LogP contribution in [0, 0.1) is 27.7 Å². The average Bonchev–Trinajstić information content (AvgIpc) is 1.62. The number of methoxy groups -OCH3 is 3. The third kappa shape index (κ3) is 23.3. The van der Waals surface area contributed by atoms with Gasteiger partial charge < -0.3 is 119 Å². The number of aromatic amines is 5. The van der Waals surface area contributed by atoms with Gasteiger partial charge in [-0.1, -0.05) is 0 Å². The Labute approximate surface area is 706 Å². The smallest absolute Gasteiger partial charge is 0.330 e. The molecule has 0 bridgehead atoms. The molecule has 61 heteroatoms. The summed E-state index contributed by atoms with van der Waals surface area (Å²) in [4.78, 5) is 207. The predicted molar refractivity (Wildman–Crippen MR) is 435 cm³/mol. The second-order valence-corrected chi connectivity index (χ2v) is 44.3. The van der Waals surface area contributed by atoms with Gasteiger partial charge in [-0.25, -0.2) is 24.2 Å². The van der Waals surface area contributed by atoms with Crippen molar-refractivity contribution >= 4 is 128 Å². The molecule has 0 aromatic carbocycles. The van der Waals surface area contributed by atoms with Crippen molar-refractivity contribution in [3.8, 4) is 0 Å². The number of aryl methyl sites for hydroxylation is 4. The second-order valence-electron chi connectivity index (χ2n) is 27.6. The first-order valence-corrected chi connectivity index (χ1v) is 51.2. The number of aromatic nitrogens is 12. The maximum atomic E-state index is 13.7. The quantitative estimate of drug-likeness (QED) is 0.0156. The lowest BCUT2D eigenvalue weighted by Gasteiger charge is -2.30. The van der Waals surface area contributed by atoms with Crippen LogP contribution in [0.4, 0.5) is 5.95 Å². The van der Waals surface area contributed by atoms with E-state index in [-0.39, 0.29) is 65.4 Å². The van der Waals surface area contributed by atoms with Crippen LogP contribution in [0.5, 0.6) is 0 Å². The van der Waals surface area contributed by atoms with E-state index in [1.165, 1.54) is 51.9 Å². The summed E-state index contributed by atoms with van der Waals surface area (Å²) in [5, 5.41) is 9.40. The van der Waals surface area contributed by atoms with Crippen LogP contribution in [-0.4, -0.2) is 245 Å². The first-order valence-electron chi connectivity index (χ1n) is 35.6. The number of nitrogens with one attached hydrogen (secondary N) is 5. The molecule has 668 valence electrons. The Hall–Kier alpha value is -4.31. The fraction of sp³-hybridized carbons (Fsp3) is 0.644. The number of nitrogens with zero attached hydrogens (tertiary/aromatic N) is 7. The highest BCUT2D eigenvalue weighted by molar-refractivity contribution is 8.08. The summed E-state index contributed by atoms with van der Waals surface area (Å²) in [6, 6.07) is 0. The van der Waals surface area contributed by atoms with Gasteiger partial charge in [0.05, 0.1) is 64.3 Å². The predicted octanol–water partition coefficient (Wildman–Crippen LogP) is -1.42. The number of H-pyrrole nitrogens is 5. The Morgan fingerprint density at radius 1 is 0.450 bits per heavy atom. The van der Waals surface area contributed by atoms with Crippen molar-refractivity contribution < 1.29 is 127 Å². The molecule has 14 N–H and O–H groups in total. The fourth-order valence-electron chi connectivity index (χ4n) is 13.2. The van der Waals surface area contributed by atoms with E-state index < -0.39 is 247 Å². The standard InChI is InChI=1S/C59H85N13O36P6S6/c1-25(2)103-110(84,116)93-19-33-31(14-38(99-33)72-24-61-39-46(72)62-55(60)63-51(39)78)105-111(85,117)94-20-32-30(13-37(98-32)68-15-26(3)47(74)64-56(68)79)104-112(86,118)95-21-34-41(44(90-8)53(100-34)70-17-28(5)49(76)66-58(70)81)107-114(88,120)97-23-36-42(45(91-9)54(102-36)71-18-29(6)50(77)67-59(71)82)108-113(87,119)96-22-35-40(106-109(83,115)92-12-10-11-73)43(89-7)52(101-35)69-16-27(4)48(75)65-57(69)80/h15-18,24-25,30-38,40-45,52-54,73H,10-14,19-23H2,1-9H3,(H,83,115)(H,84,116)(H,85,117)(H,86,118)(H,87,119)(H,88,120)(H,64,74,79)(H,65,75,80)(H,66,76,81)(H,67,77,82)(H3,60,62,63,78)/t30?,31?,32-,33-,34-,35-,36-,37-,38-,40?,41?,42?,43+,44+,45+,52-,53-,54-,109?,110?,111?,112?,113?,114?/m1/s1. The van der Waals surface area contributed by atoms with Crippen molar-refractivity contribution in [2.24, 2.45) is 0 Å². The summed E-state index contributed by atoms with van der Waals surface area (Å²) < 4.78 is 125. The number of aliphatic hydroxyl groups excluding tert-OH is 1. The summed E-state index contributed by atoms with van der Waals surface area (Å²) in [6.45, 7) is -23.3. The molecular weight excluding hydrogens is 1840 g/mol. The van der Waals surface area contributed by atoms with Crippen LogP contribution in [0.2, 0.25) is 0 Å². The lowest BCUT2D eigenvalue weighted by molar-refractivity contribution is -0.0641. The minimum Gasteiger partial charge on any atom is -0.396 e. The molecule has 0 amide bonds. The normalized spacial score (nSPS) is 29.5. The molecule has 6 aromatic heterocycles. The van der Waals surface area contributed by atoms with Gasteiger partial charge >= 0.3 is 63.1 Å². The van der Waals surface area contributed by atoms with Gasteiger partial charge in [-0.2, -0.15) is 4.98 Å². The molecule has 5 aliphatic heterocycles. The number of nitrogens with two attached hydrogens (primary N) is 1. The number of hydrogen-bond donors (Lipinski definition) is 13. The molecule has 120 heavy (non-hydrogen) atoms. The third-order valence-electron chi connectivity index (χ3n) is 18.7. The van der Waals surface area contributed by atoms with E-state index in [4.69, 9.17) is 169 Å². The van der Waals surface area contributed by atoms with E-state index >= 15 is 0 Å². The Kier molecular flexibility index (Phi) is 31.7. The van der Waals surface area contributed by atoms with E-state index in [9.17, 15) is 77.6 Å². The third-order valence-corrected chi connectivity index (χ3v) is 28.3. The number of imidazole rings is 1. The van der Waals surface area contributed by atoms with Crippen molar-refractivity contribution in [1.29, 1.82) is 0 Å². The van der Waals surface area contributed by atoms with Crippen molar-refractivity contribution in [1.82, 2.24) is 57.7 Å². The van der Waals surface area contributed by atoms with Gasteiger partial charge in [-0.15, -0.1) is 0 Å². The minimum atomic E-state index is -4.93. The first kappa shape index (κ1) is 96.3. The highest BCUT2D eigenvalue weighted by atomic mass is 32.5. The van der Waals surface area contributed by atoms with Gasteiger partial charge in [0.15, 0.2) is 29.8 Å². The first-order chi connectivity index (χ1) is 56.2. The van der Waals surface area contributed by atoms with E-state index in [1.807, 2.05) is 0 Å². The molecule has 11 heterocycles. The van der Waals surface area contributed by atoms with E-state index in [0.717, 1.165) is 51.1 Å². The van der Waals surface area contributed by atoms with E-state index in [2.05, 4.69) is 34.9 Å². The second kappa shape index (κ2) is 39.5. The van der Waals surface area contributed by atoms with Crippen molar-refractivity contribution in [3.63, 3.8) is 0 Å². The lowest BCUT2D eigenvalue weighted by atomic mass is 10.1. The van der Waals surface area contributed by atoms with Crippen LogP contribution >= 0.6 is 40.3 Å². The van der Waals surface area contributed by atoms with Crippen LogP contribution in [-0.2, 0) is 163 Å². The van der Waals surface area contributed by atoms with Gasteiger partial charge in [-0.05, 0) is 119 Å². The van der Waals surface area contributed by atoms with E-state index in [1.54, 1.807) is 13.8 Å². The largest absolute Gasteiger partial charge is 0.396 e. The van der Waals surface area contributed by atoms with Crippen molar-refractivity contribution in [2.75, 3.05) is 73.3 Å². The fourth-order valence-corrected chi connectivity index (χ4v) is 22.2. The van der Waals surface area contributed by atoms with Gasteiger partial charge in [0.1, 0.15) is 79.6 Å². The van der Waals surface area contributed by atoms with Crippen LogP contribution in [0.25, 0.3) is 11.2 Å². The Balaban J connectivity index is 0.837. The summed E-state index contributed by atoms with van der Waals surface area (Å²) >= 11 is 32.9. The van der Waals surface area contributed by atoms with Crippen LogP contribution in [0.1, 0.15) is 86.5 Å². The minimum absolute atomic E-state index is 0.0109. The zero-order valence-electron chi connectivity index (χ0n) is 64.2. The maximum absolute atomic E-state index is 13.7. The van der Waals surface area contributed by atoms with Gasteiger partial charge in [0.2, 0.25) is 5.95 Å². The Morgan fingerprint density at radius 3 is 1.13 bits per heavy atom. The molecule has 0 spiro atoms. The Morgan fingerprint density at radius 2 is 0.775 bits per heavy atom. The molecular formula is C59H85N13O36P6S6. The van der Waals surface area contributed by atoms with E-state index in [0.29, 0.717) is 0 Å². The summed E-state index contributed by atoms with van der Waals surface area (Å²) in [5.74, 6) is -0.258. The van der Waals surface area contributed by atoms with Crippen LogP contribution in [0.3, 0.4) is 0 Å². The maximum Gasteiger partial charge on any atom is 0.330 e. The zero-order valence-corrected chi connectivity index (χ0v) is 74.5. The van der Waals surface area contributed by atoms with Crippen molar-refractivity contribution in [3.05, 3.63) is 147 Å². The highest BCUT2D eigenvalue weighted by Crippen LogP contribution is 2.57. The molecule has 5 fully saturated rings. The summed E-state index contributed by atoms with van der Waals surface area (Å²) in [5.41, 5.74) is -1.96. The van der Waals surface area contributed by atoms with Gasteiger partial charge in [0, 0.05) is 87.8 Å². The molecule has 0 aliphatic carbocycles. The molecule has 11 rings (SSSR count). The topological polar surface area (TPSA) is 635 Å². The number of aliphatic hydroxyl groups is 1. The van der Waals surface area contributed by atoms with Crippen LogP contribution < -0.4 is 56.3 Å².